The molecule has 14 nitrogen and oxygen atoms in total. The molecule has 58 heavy (non-hydrogen) atoms. The Morgan fingerprint density at radius 1 is 0.931 bits per heavy atom. The first kappa shape index (κ1) is 37.8. The van der Waals surface area contributed by atoms with Crippen LogP contribution in [0.25, 0.3) is 16.9 Å². The number of aromatic nitrogens is 4. The number of piperidine rings is 1. The van der Waals surface area contributed by atoms with E-state index in [0.29, 0.717) is 80.1 Å². The number of urea groups is 1. The predicted octanol–water partition coefficient (Wildman–Crippen LogP) is 5.47. The van der Waals surface area contributed by atoms with Gasteiger partial charge in [0.05, 0.1) is 52.8 Å². The zero-order valence-corrected chi connectivity index (χ0v) is 32.6. The molecular weight excluding hydrogens is 768 g/mol. The van der Waals surface area contributed by atoms with Crippen LogP contribution in [0, 0.1) is 0 Å². The second kappa shape index (κ2) is 15.2. The summed E-state index contributed by atoms with van der Waals surface area (Å²) >= 11 is 6.40. The molecular formula is C41H42ClF2N11O3. The van der Waals surface area contributed by atoms with Gasteiger partial charge < -0.3 is 15.1 Å². The Labute approximate surface area is 338 Å². The van der Waals surface area contributed by atoms with Crippen molar-refractivity contribution in [1.29, 1.82) is 0 Å². The maximum absolute atomic E-state index is 15.8. The standard InChI is InChI=1S/C41H42ClF2N11O3/c1-45-33-20-37(49-55-28(24-56)22-47-39(33)55)53-13-9-30-29(3-2-4-34(30)53)32-8-6-27(21-46-32)51-15-17-52(18-16-51)36-10-12-50(25-41(36,43)44)23-26-5-7-31(42)35(19-26)54-14-11-38(57)48-40(54)58/h2-8,19-22,24,36,45H,9-18,23,25H2,1H3,(H,48,57,58). The van der Waals surface area contributed by atoms with Gasteiger partial charge in [-0.2, -0.15) is 0 Å². The van der Waals surface area contributed by atoms with Crippen LogP contribution in [0.4, 0.5) is 42.1 Å². The number of likely N-dealkylation sites (tertiary alicyclic amines) is 1. The molecule has 1 unspecified atom stereocenters. The summed E-state index contributed by atoms with van der Waals surface area (Å²) in [7, 11) is 1.82. The maximum atomic E-state index is 15.8. The van der Waals surface area contributed by atoms with Crippen molar-refractivity contribution in [3.05, 3.63) is 88.8 Å². The molecule has 3 saturated heterocycles. The van der Waals surface area contributed by atoms with Crippen molar-refractivity contribution in [3.63, 3.8) is 0 Å². The third-order valence-corrected chi connectivity index (χ3v) is 12.0. The number of rotatable bonds is 9. The van der Waals surface area contributed by atoms with Gasteiger partial charge in [-0.05, 0) is 54.3 Å². The Bertz CT molecular complexity index is 2400. The maximum Gasteiger partial charge on any atom is 0.328 e. The molecule has 4 aliphatic rings. The van der Waals surface area contributed by atoms with Crippen LogP contribution >= 0.6 is 11.6 Å². The van der Waals surface area contributed by atoms with E-state index in [1.165, 1.54) is 16.7 Å². The third-order valence-electron chi connectivity index (χ3n) is 11.7. The molecule has 3 aromatic heterocycles. The molecule has 2 N–H and O–H groups in total. The van der Waals surface area contributed by atoms with Crippen LogP contribution < -0.4 is 25.3 Å². The van der Waals surface area contributed by atoms with Crippen LogP contribution in [0.2, 0.25) is 5.02 Å². The van der Waals surface area contributed by atoms with E-state index in [2.05, 4.69) is 43.6 Å². The molecule has 3 amide bonds. The molecule has 5 aromatic rings. The summed E-state index contributed by atoms with van der Waals surface area (Å²) in [6, 6.07) is 16.0. The second-order valence-corrected chi connectivity index (χ2v) is 15.6. The number of alkyl halides is 2. The van der Waals surface area contributed by atoms with Crippen LogP contribution in [-0.2, 0) is 17.8 Å². The molecule has 300 valence electrons. The largest absolute Gasteiger partial charge is 0.385 e. The fourth-order valence-electron chi connectivity index (χ4n) is 8.80. The summed E-state index contributed by atoms with van der Waals surface area (Å²) in [5.41, 5.74) is 8.01. The lowest BCUT2D eigenvalue weighted by atomic mass is 9.97. The lowest BCUT2D eigenvalue weighted by Gasteiger charge is -2.46. The summed E-state index contributed by atoms with van der Waals surface area (Å²) in [4.78, 5) is 54.4. The van der Waals surface area contributed by atoms with Crippen LogP contribution in [0.15, 0.2) is 67.0 Å². The minimum absolute atomic E-state index is 0.162. The monoisotopic (exact) mass is 809 g/mol. The van der Waals surface area contributed by atoms with E-state index in [1.807, 2.05) is 36.3 Å². The van der Waals surface area contributed by atoms with Crippen LogP contribution in [-0.4, -0.2) is 119 Å². The lowest BCUT2D eigenvalue weighted by molar-refractivity contribution is -0.129. The zero-order chi connectivity index (χ0) is 40.1. The number of imide groups is 1. The first-order valence-corrected chi connectivity index (χ1v) is 19.8. The Morgan fingerprint density at radius 2 is 1.76 bits per heavy atom. The molecule has 0 spiro atoms. The number of fused-ring (bicyclic) bond motifs is 2. The molecule has 4 aliphatic heterocycles. The number of anilines is 5. The molecule has 0 saturated carbocycles. The van der Waals surface area contributed by atoms with Gasteiger partial charge in [-0.15, -0.1) is 5.10 Å². The number of hydrogen-bond donors (Lipinski definition) is 2. The summed E-state index contributed by atoms with van der Waals surface area (Å²) < 4.78 is 33.2. The number of pyridine rings is 1. The molecule has 1 atom stereocenters. The molecule has 0 aliphatic carbocycles. The number of amides is 3. The van der Waals surface area contributed by atoms with Gasteiger partial charge in [0.25, 0.3) is 5.92 Å². The fraction of sp³-hybridized carbons (Fsp3) is 0.366. The van der Waals surface area contributed by atoms with Gasteiger partial charge in [-0.25, -0.2) is 23.1 Å². The van der Waals surface area contributed by atoms with Crippen molar-refractivity contribution in [2.45, 2.75) is 37.8 Å². The lowest BCUT2D eigenvalue weighted by Crippen LogP contribution is -2.61. The van der Waals surface area contributed by atoms with Crippen LogP contribution in [0.5, 0.6) is 0 Å². The summed E-state index contributed by atoms with van der Waals surface area (Å²) in [6.45, 7) is 3.64. The first-order chi connectivity index (χ1) is 28.1. The van der Waals surface area contributed by atoms with Crippen molar-refractivity contribution in [2.24, 2.45) is 0 Å². The average Bonchev–Trinajstić information content (AvgIpc) is 3.86. The number of benzene rings is 2. The highest BCUT2D eigenvalue weighted by atomic mass is 35.5. The molecule has 17 heteroatoms. The van der Waals surface area contributed by atoms with E-state index in [0.717, 1.165) is 46.6 Å². The Kier molecular flexibility index (Phi) is 9.94. The second-order valence-electron chi connectivity index (χ2n) is 15.1. The number of hydrogen-bond acceptors (Lipinski definition) is 11. The van der Waals surface area contributed by atoms with Crippen molar-refractivity contribution >= 4 is 64.0 Å². The van der Waals surface area contributed by atoms with Gasteiger partial charge in [0.1, 0.15) is 5.69 Å². The number of nitrogens with one attached hydrogen (secondary N) is 2. The molecule has 2 aromatic carbocycles. The molecule has 0 bridgehead atoms. The van der Waals surface area contributed by atoms with Crippen LogP contribution in [0.1, 0.15) is 34.5 Å². The van der Waals surface area contributed by atoms with Gasteiger partial charge in [0, 0.05) is 83.1 Å². The van der Waals surface area contributed by atoms with Gasteiger partial charge in [0.2, 0.25) is 5.91 Å². The Hall–Kier alpha value is -5.71. The van der Waals surface area contributed by atoms with E-state index in [1.54, 1.807) is 27.6 Å². The van der Waals surface area contributed by atoms with Crippen molar-refractivity contribution in [3.8, 4) is 11.3 Å². The number of piperazine rings is 1. The van der Waals surface area contributed by atoms with Gasteiger partial charge in [0.15, 0.2) is 17.8 Å². The zero-order valence-electron chi connectivity index (χ0n) is 31.9. The number of carbonyl (C=O) groups is 3. The molecule has 9 rings (SSSR count). The van der Waals surface area contributed by atoms with Crippen molar-refractivity contribution < 1.29 is 23.2 Å². The predicted molar refractivity (Wildman–Crippen MR) is 218 cm³/mol. The number of carbonyl (C=O) groups excluding carboxylic acids is 3. The highest BCUT2D eigenvalue weighted by Crippen LogP contribution is 2.40. The fourth-order valence-corrected chi connectivity index (χ4v) is 9.02. The summed E-state index contributed by atoms with van der Waals surface area (Å²) in [6.07, 6.45) is 5.43. The third kappa shape index (κ3) is 6.98. The van der Waals surface area contributed by atoms with E-state index >= 15 is 8.78 Å². The van der Waals surface area contributed by atoms with Crippen molar-refractivity contribution in [1.82, 2.24) is 34.7 Å². The van der Waals surface area contributed by atoms with Crippen molar-refractivity contribution in [2.75, 3.05) is 79.4 Å². The number of imidazole rings is 1. The topological polar surface area (TPSA) is 135 Å². The molecule has 0 radical (unpaired) electrons. The summed E-state index contributed by atoms with van der Waals surface area (Å²) in [5.74, 6) is -2.54. The minimum Gasteiger partial charge on any atom is -0.385 e. The molecule has 7 heterocycles. The number of halogens is 3. The quantitative estimate of drug-likeness (QED) is 0.184. The van der Waals surface area contributed by atoms with Gasteiger partial charge >= 0.3 is 6.03 Å². The summed E-state index contributed by atoms with van der Waals surface area (Å²) in [5, 5.41) is 10.6. The highest BCUT2D eigenvalue weighted by molar-refractivity contribution is 6.34. The van der Waals surface area contributed by atoms with Gasteiger partial charge in [-0.3, -0.25) is 34.6 Å². The van der Waals surface area contributed by atoms with E-state index in [9.17, 15) is 14.4 Å². The van der Waals surface area contributed by atoms with E-state index in [4.69, 9.17) is 21.7 Å². The minimum atomic E-state index is -2.91. The first-order valence-electron chi connectivity index (χ1n) is 19.5. The SMILES string of the molecule is CNc1cc(N2CCc3c(-c4ccc(N5CCN(C6CCN(Cc7ccc(Cl)c(N8CCC(=O)NC8=O)c7)CC6(F)F)CC5)cn4)cccc32)nn2c(C=O)cnc12. The van der Waals surface area contributed by atoms with Gasteiger partial charge in [-0.1, -0.05) is 29.8 Å². The number of nitrogens with zero attached hydrogens (tertiary/aromatic N) is 9. The highest BCUT2D eigenvalue weighted by Gasteiger charge is 2.48. The molecule has 3 fully saturated rings. The van der Waals surface area contributed by atoms with E-state index in [-0.39, 0.29) is 25.4 Å². The Balaban J connectivity index is 0.825. The number of aldehydes is 1. The smallest absolute Gasteiger partial charge is 0.328 e. The average molecular weight is 810 g/mol. The normalized spacial score (nSPS) is 20.1. The van der Waals surface area contributed by atoms with E-state index < -0.39 is 18.0 Å². The Morgan fingerprint density at radius 3 is 2.50 bits per heavy atom. The van der Waals surface area contributed by atoms with Crippen LogP contribution in [0.3, 0.4) is 0 Å².